The first kappa shape index (κ1) is 29.2. The molecule has 2 aromatic rings. The number of anilines is 1. The maximum absolute atomic E-state index is 13.6. The van der Waals surface area contributed by atoms with Crippen molar-refractivity contribution in [3.63, 3.8) is 0 Å². The first-order valence-corrected chi connectivity index (χ1v) is 14.2. The monoisotopic (exact) mass is 561 g/mol. The number of unbranched alkanes of at least 4 members (excludes halogenated alkanes) is 1. The van der Waals surface area contributed by atoms with Gasteiger partial charge >= 0.3 is 0 Å². The lowest BCUT2D eigenvalue weighted by molar-refractivity contribution is -0.140. The van der Waals surface area contributed by atoms with E-state index in [-0.39, 0.29) is 28.2 Å². The number of hydrogen-bond donors (Lipinski definition) is 1. The van der Waals surface area contributed by atoms with E-state index >= 15 is 0 Å². The van der Waals surface area contributed by atoms with Gasteiger partial charge in [0.1, 0.15) is 12.6 Å². The zero-order valence-electron chi connectivity index (χ0n) is 19.9. The molecule has 2 rings (SSSR count). The highest BCUT2D eigenvalue weighted by molar-refractivity contribution is 7.92. The fourth-order valence-electron chi connectivity index (χ4n) is 3.52. The number of benzene rings is 2. The van der Waals surface area contributed by atoms with Crippen molar-refractivity contribution in [3.8, 4) is 0 Å². The number of sulfonamides is 1. The smallest absolute Gasteiger partial charge is 0.244 e. The fraction of sp³-hybridized carbons (Fsp3) is 0.417. The minimum atomic E-state index is -3.92. The minimum absolute atomic E-state index is 0.00870. The van der Waals surface area contributed by atoms with Gasteiger partial charge in [-0.3, -0.25) is 13.9 Å². The van der Waals surface area contributed by atoms with Gasteiger partial charge in [0.05, 0.1) is 22.0 Å². The number of nitrogens with zero attached hydrogens (tertiary/aromatic N) is 2. The van der Waals surface area contributed by atoms with Crippen molar-refractivity contribution >= 4 is 62.3 Å². The molecule has 0 bridgehead atoms. The molecule has 0 heterocycles. The number of halogens is 3. The van der Waals surface area contributed by atoms with E-state index in [2.05, 4.69) is 5.32 Å². The van der Waals surface area contributed by atoms with Crippen LogP contribution >= 0.6 is 34.8 Å². The van der Waals surface area contributed by atoms with E-state index in [0.717, 1.165) is 23.4 Å². The van der Waals surface area contributed by atoms with Gasteiger partial charge in [-0.05, 0) is 36.6 Å². The quantitative estimate of drug-likeness (QED) is 0.363. The second-order valence-corrected chi connectivity index (χ2v) is 11.1. The van der Waals surface area contributed by atoms with Gasteiger partial charge in [0.2, 0.25) is 21.8 Å². The first-order chi connectivity index (χ1) is 16.5. The van der Waals surface area contributed by atoms with Crippen molar-refractivity contribution in [2.24, 2.45) is 0 Å². The molecular formula is C24H30Cl3N3O4S. The van der Waals surface area contributed by atoms with Crippen molar-refractivity contribution in [1.29, 1.82) is 0 Å². The molecule has 0 aromatic heterocycles. The van der Waals surface area contributed by atoms with E-state index in [9.17, 15) is 18.0 Å². The molecule has 192 valence electrons. The number of nitrogens with one attached hydrogen (secondary N) is 1. The average molecular weight is 563 g/mol. The molecule has 11 heteroatoms. The molecular weight excluding hydrogens is 533 g/mol. The molecule has 2 aromatic carbocycles. The van der Waals surface area contributed by atoms with E-state index < -0.39 is 28.5 Å². The van der Waals surface area contributed by atoms with Crippen LogP contribution in [0.4, 0.5) is 5.69 Å². The Morgan fingerprint density at radius 3 is 2.26 bits per heavy atom. The summed E-state index contributed by atoms with van der Waals surface area (Å²) in [5, 5.41) is 3.46. The SMILES string of the molecule is CCCCNC(=O)[C@H](CC)N(Cc1ccccc1Cl)C(=O)CN(c1cccc(Cl)c1Cl)S(C)(=O)=O. The van der Waals surface area contributed by atoms with Gasteiger partial charge < -0.3 is 10.2 Å². The van der Waals surface area contributed by atoms with E-state index in [0.29, 0.717) is 23.6 Å². The molecule has 1 atom stereocenters. The summed E-state index contributed by atoms with van der Waals surface area (Å²) in [5.74, 6) is -0.892. The van der Waals surface area contributed by atoms with Crippen LogP contribution in [-0.4, -0.2) is 50.5 Å². The maximum atomic E-state index is 13.6. The molecule has 0 aliphatic rings. The molecule has 0 saturated heterocycles. The third kappa shape index (κ3) is 8.00. The van der Waals surface area contributed by atoms with Crippen molar-refractivity contribution in [2.45, 2.75) is 45.7 Å². The van der Waals surface area contributed by atoms with Gasteiger partial charge in [0, 0.05) is 18.1 Å². The zero-order chi connectivity index (χ0) is 26.2. The Kier molecular flexibility index (Phi) is 11.1. The number of carbonyl (C=O) groups is 2. The standard InChI is InChI=1S/C24H30Cl3N3O4S/c1-4-6-14-28-24(32)20(5-2)29(15-17-10-7-8-11-18(17)25)22(31)16-30(35(3,33)34)21-13-9-12-19(26)23(21)27/h7-13,20H,4-6,14-16H2,1-3H3,(H,28,32)/t20-/m0/s1. The van der Waals surface area contributed by atoms with Crippen molar-refractivity contribution in [2.75, 3.05) is 23.7 Å². The summed E-state index contributed by atoms with van der Waals surface area (Å²) in [6, 6.07) is 10.7. The number of hydrogen-bond acceptors (Lipinski definition) is 4. The van der Waals surface area contributed by atoms with Gasteiger partial charge in [0.25, 0.3) is 0 Å². The normalized spacial score (nSPS) is 12.2. The van der Waals surface area contributed by atoms with Crippen LogP contribution in [0.1, 0.15) is 38.7 Å². The third-order valence-corrected chi connectivity index (χ3v) is 7.70. The van der Waals surface area contributed by atoms with Gasteiger partial charge in [-0.25, -0.2) is 8.42 Å². The minimum Gasteiger partial charge on any atom is -0.354 e. The number of rotatable bonds is 12. The zero-order valence-corrected chi connectivity index (χ0v) is 23.0. The van der Waals surface area contributed by atoms with Crippen molar-refractivity contribution in [1.82, 2.24) is 10.2 Å². The molecule has 0 saturated carbocycles. The number of carbonyl (C=O) groups excluding carboxylic acids is 2. The Morgan fingerprint density at radius 1 is 1.00 bits per heavy atom. The summed E-state index contributed by atoms with van der Waals surface area (Å²) in [6.45, 7) is 3.74. The Bertz CT molecular complexity index is 1140. The van der Waals surface area contributed by atoms with Crippen LogP contribution in [0.25, 0.3) is 0 Å². The molecule has 0 unspecified atom stereocenters. The summed E-state index contributed by atoms with van der Waals surface area (Å²) in [7, 11) is -3.92. The Balaban J connectivity index is 2.46. The van der Waals surface area contributed by atoms with Crippen LogP contribution < -0.4 is 9.62 Å². The third-order valence-electron chi connectivity index (χ3n) is 5.39. The van der Waals surface area contributed by atoms with Crippen LogP contribution in [0.2, 0.25) is 15.1 Å². The first-order valence-electron chi connectivity index (χ1n) is 11.2. The van der Waals surface area contributed by atoms with Crippen LogP contribution in [0, 0.1) is 0 Å². The van der Waals surface area contributed by atoms with E-state index in [1.54, 1.807) is 37.3 Å². The summed E-state index contributed by atoms with van der Waals surface area (Å²) >= 11 is 18.7. The topological polar surface area (TPSA) is 86.8 Å². The number of amides is 2. The van der Waals surface area contributed by atoms with Gasteiger partial charge in [-0.1, -0.05) is 79.3 Å². The van der Waals surface area contributed by atoms with Gasteiger partial charge in [0.15, 0.2) is 0 Å². The molecule has 2 amide bonds. The summed E-state index contributed by atoms with van der Waals surface area (Å²) < 4.78 is 26.2. The second-order valence-electron chi connectivity index (χ2n) is 8.02. The lowest BCUT2D eigenvalue weighted by Gasteiger charge is -2.33. The lowest BCUT2D eigenvalue weighted by Crippen LogP contribution is -2.52. The Labute approximate surface area is 222 Å². The molecule has 35 heavy (non-hydrogen) atoms. The lowest BCUT2D eigenvalue weighted by atomic mass is 10.1. The molecule has 0 aliphatic heterocycles. The molecule has 7 nitrogen and oxygen atoms in total. The van der Waals surface area contributed by atoms with Crippen LogP contribution in [0.3, 0.4) is 0 Å². The molecule has 1 N–H and O–H groups in total. The van der Waals surface area contributed by atoms with E-state index in [1.165, 1.54) is 17.0 Å². The van der Waals surface area contributed by atoms with Crippen molar-refractivity contribution < 1.29 is 18.0 Å². The maximum Gasteiger partial charge on any atom is 0.244 e. The predicted molar refractivity (Wildman–Crippen MR) is 143 cm³/mol. The Morgan fingerprint density at radius 2 is 1.66 bits per heavy atom. The van der Waals surface area contributed by atoms with Crippen LogP contribution in [0.5, 0.6) is 0 Å². The highest BCUT2D eigenvalue weighted by Gasteiger charge is 2.32. The second kappa shape index (κ2) is 13.3. The molecule has 0 aliphatic carbocycles. The predicted octanol–water partition coefficient (Wildman–Crippen LogP) is 5.14. The Hall–Kier alpha value is -2.00. The molecule has 0 fully saturated rings. The van der Waals surface area contributed by atoms with Crippen molar-refractivity contribution in [3.05, 3.63) is 63.1 Å². The van der Waals surface area contributed by atoms with E-state index in [4.69, 9.17) is 34.8 Å². The molecule has 0 radical (unpaired) electrons. The van der Waals surface area contributed by atoms with Crippen LogP contribution in [0.15, 0.2) is 42.5 Å². The van der Waals surface area contributed by atoms with Crippen LogP contribution in [-0.2, 0) is 26.2 Å². The largest absolute Gasteiger partial charge is 0.354 e. The van der Waals surface area contributed by atoms with Gasteiger partial charge in [-0.2, -0.15) is 0 Å². The van der Waals surface area contributed by atoms with Gasteiger partial charge in [-0.15, -0.1) is 0 Å². The van der Waals surface area contributed by atoms with E-state index in [1.807, 2.05) is 6.92 Å². The molecule has 0 spiro atoms. The highest BCUT2D eigenvalue weighted by Crippen LogP contribution is 2.34. The summed E-state index contributed by atoms with van der Waals surface area (Å²) in [5.41, 5.74) is 0.710. The summed E-state index contributed by atoms with van der Waals surface area (Å²) in [4.78, 5) is 28.0. The summed E-state index contributed by atoms with van der Waals surface area (Å²) in [6.07, 6.45) is 3.01. The fourth-order valence-corrected chi connectivity index (χ4v) is 5.01. The highest BCUT2D eigenvalue weighted by atomic mass is 35.5. The average Bonchev–Trinajstić information content (AvgIpc) is 2.80.